The van der Waals surface area contributed by atoms with Crippen molar-refractivity contribution in [3.05, 3.63) is 75.4 Å². The molecule has 1 fully saturated rings. The summed E-state index contributed by atoms with van der Waals surface area (Å²) in [5.74, 6) is -0.181. The third-order valence-electron chi connectivity index (χ3n) is 5.49. The molecule has 174 valence electrons. The minimum absolute atomic E-state index is 0.0159. The molecule has 1 N–H and O–H groups in total. The number of sulfonamides is 1. The predicted octanol–water partition coefficient (Wildman–Crippen LogP) is 5.42. The number of rotatable bonds is 7. The average molecular weight is 622 g/mol. The Morgan fingerprint density at radius 2 is 1.71 bits per heavy atom. The summed E-state index contributed by atoms with van der Waals surface area (Å²) >= 11 is 7.85. The molecule has 1 heterocycles. The molecule has 0 spiro atoms. The molecule has 0 atom stereocenters. The lowest BCUT2D eigenvalue weighted by Crippen LogP contribution is -2.32. The van der Waals surface area contributed by atoms with E-state index in [9.17, 15) is 13.2 Å². The van der Waals surface area contributed by atoms with Gasteiger partial charge in [-0.05, 0) is 76.0 Å². The van der Waals surface area contributed by atoms with E-state index in [0.29, 0.717) is 15.8 Å². The van der Waals surface area contributed by atoms with Crippen LogP contribution in [0, 0.1) is 0 Å². The fraction of sp³-hybridized carbons (Fsp3) is 0.174. The van der Waals surface area contributed by atoms with E-state index < -0.39 is 15.9 Å². The smallest absolute Gasteiger partial charge is 0.264 e. The molecule has 1 aliphatic rings. The zero-order valence-corrected chi connectivity index (χ0v) is 22.4. The highest BCUT2D eigenvalue weighted by Crippen LogP contribution is 2.44. The van der Waals surface area contributed by atoms with Crippen LogP contribution in [0.5, 0.6) is 0 Å². The van der Waals surface area contributed by atoms with Gasteiger partial charge in [-0.2, -0.15) is 0 Å². The maximum atomic E-state index is 12.5. The quantitative estimate of drug-likeness (QED) is 0.277. The zero-order chi connectivity index (χ0) is 23.9. The Labute approximate surface area is 217 Å². The fourth-order valence-electron chi connectivity index (χ4n) is 3.78. The van der Waals surface area contributed by atoms with Crippen molar-refractivity contribution >= 4 is 70.3 Å². The second-order valence-electron chi connectivity index (χ2n) is 7.85. The van der Waals surface area contributed by atoms with Crippen LogP contribution in [0.3, 0.4) is 0 Å². The molecule has 1 saturated carbocycles. The van der Waals surface area contributed by atoms with E-state index >= 15 is 0 Å². The van der Waals surface area contributed by atoms with Crippen molar-refractivity contribution < 1.29 is 13.2 Å². The minimum atomic E-state index is -3.96. The highest BCUT2D eigenvalue weighted by molar-refractivity contribution is 9.10. The molecular formula is C23H18Br2N4O3S2. The van der Waals surface area contributed by atoms with Gasteiger partial charge in [-0.1, -0.05) is 58.0 Å². The van der Waals surface area contributed by atoms with E-state index in [2.05, 4.69) is 65.0 Å². The maximum Gasteiger partial charge on any atom is 0.264 e. The number of carbonyl (C=O) groups excluding carboxylic acids is 1. The monoisotopic (exact) mass is 620 g/mol. The van der Waals surface area contributed by atoms with Crippen LogP contribution in [-0.2, 0) is 14.8 Å². The second kappa shape index (κ2) is 9.44. The normalized spacial score (nSPS) is 13.8. The summed E-state index contributed by atoms with van der Waals surface area (Å²) < 4.78 is 30.2. The first kappa shape index (κ1) is 23.5. The molecule has 5 rings (SSSR count). The number of fused-ring (bicyclic) bond motifs is 1. The van der Waals surface area contributed by atoms with Crippen molar-refractivity contribution in [3.8, 4) is 5.69 Å². The zero-order valence-electron chi connectivity index (χ0n) is 17.6. The van der Waals surface area contributed by atoms with E-state index in [-0.39, 0.29) is 10.6 Å². The molecule has 0 radical (unpaired) electrons. The van der Waals surface area contributed by atoms with Crippen molar-refractivity contribution in [2.75, 3.05) is 5.75 Å². The van der Waals surface area contributed by atoms with Gasteiger partial charge >= 0.3 is 0 Å². The number of benzene rings is 3. The summed E-state index contributed by atoms with van der Waals surface area (Å²) in [5, 5.41) is 11.1. The van der Waals surface area contributed by atoms with Gasteiger partial charge in [0, 0.05) is 9.86 Å². The van der Waals surface area contributed by atoms with E-state index in [4.69, 9.17) is 0 Å². The first-order chi connectivity index (χ1) is 16.3. The van der Waals surface area contributed by atoms with Crippen LogP contribution in [0.1, 0.15) is 24.3 Å². The Hall–Kier alpha value is -2.21. The third kappa shape index (κ3) is 4.79. The van der Waals surface area contributed by atoms with Gasteiger partial charge in [0.25, 0.3) is 10.0 Å². The van der Waals surface area contributed by atoms with Crippen molar-refractivity contribution in [3.63, 3.8) is 0 Å². The molecule has 3 aromatic carbocycles. The fourth-order valence-corrected chi connectivity index (χ4v) is 6.42. The summed E-state index contributed by atoms with van der Waals surface area (Å²) in [6.07, 6.45) is 2.41. The summed E-state index contributed by atoms with van der Waals surface area (Å²) in [6.45, 7) is 0. The average Bonchev–Trinajstić information content (AvgIpc) is 3.59. The van der Waals surface area contributed by atoms with Crippen LogP contribution in [0.4, 0.5) is 0 Å². The van der Waals surface area contributed by atoms with Crippen LogP contribution >= 0.6 is 43.6 Å². The standard InChI is InChI=1S/C23H18Br2N4O3S2/c24-15-7-9-16(10-8-15)34(31,32)28-21(30)13-33-23-27-26-22(25)29(23)20-12-11-17(14-5-6-14)18-3-1-2-4-19(18)20/h1-4,7-12,14H,5-6,13H2,(H,28,30). The highest BCUT2D eigenvalue weighted by atomic mass is 79.9. The first-order valence-electron chi connectivity index (χ1n) is 10.4. The van der Waals surface area contributed by atoms with Crippen molar-refractivity contribution in [1.29, 1.82) is 0 Å². The summed E-state index contributed by atoms with van der Waals surface area (Å²) in [6, 6.07) is 18.5. The van der Waals surface area contributed by atoms with E-state index in [0.717, 1.165) is 27.3 Å². The van der Waals surface area contributed by atoms with Crippen molar-refractivity contribution in [1.82, 2.24) is 19.5 Å². The third-order valence-corrected chi connectivity index (χ3v) is 8.85. The lowest BCUT2D eigenvalue weighted by atomic mass is 9.99. The Bertz CT molecular complexity index is 1500. The number of halogens is 2. The van der Waals surface area contributed by atoms with Crippen LogP contribution in [0.2, 0.25) is 0 Å². The number of aromatic nitrogens is 3. The number of thioether (sulfide) groups is 1. The van der Waals surface area contributed by atoms with Crippen LogP contribution in [0.25, 0.3) is 16.5 Å². The minimum Gasteiger partial charge on any atom is -0.273 e. The first-order valence-corrected chi connectivity index (χ1v) is 14.5. The number of hydrogen-bond acceptors (Lipinski definition) is 6. The van der Waals surface area contributed by atoms with Gasteiger partial charge in [-0.25, -0.2) is 13.1 Å². The topological polar surface area (TPSA) is 93.9 Å². The number of hydrogen-bond donors (Lipinski definition) is 1. The molecular weight excluding hydrogens is 604 g/mol. The number of amides is 1. The molecule has 1 aromatic heterocycles. The van der Waals surface area contributed by atoms with Gasteiger partial charge in [-0.3, -0.25) is 9.36 Å². The lowest BCUT2D eigenvalue weighted by molar-refractivity contribution is -0.116. The SMILES string of the molecule is O=C(CSc1nnc(Br)n1-c1ccc(C2CC2)c2ccccc12)NS(=O)(=O)c1ccc(Br)cc1. The summed E-state index contributed by atoms with van der Waals surface area (Å²) in [4.78, 5) is 12.5. The van der Waals surface area contributed by atoms with E-state index in [1.807, 2.05) is 22.8 Å². The van der Waals surface area contributed by atoms with Crippen LogP contribution in [0.15, 0.2) is 79.9 Å². The second-order valence-corrected chi connectivity index (χ2v) is 12.1. The molecule has 0 unspecified atom stereocenters. The van der Waals surface area contributed by atoms with Gasteiger partial charge in [0.1, 0.15) is 0 Å². The molecule has 1 aliphatic carbocycles. The summed E-state index contributed by atoms with van der Waals surface area (Å²) in [5.41, 5.74) is 2.23. The molecule has 4 aromatic rings. The molecule has 34 heavy (non-hydrogen) atoms. The van der Waals surface area contributed by atoms with Gasteiger partial charge in [0.05, 0.1) is 16.3 Å². The van der Waals surface area contributed by atoms with Gasteiger partial charge in [-0.15, -0.1) is 10.2 Å². The van der Waals surface area contributed by atoms with Gasteiger partial charge in [0.15, 0.2) is 5.16 Å². The lowest BCUT2D eigenvalue weighted by Gasteiger charge is -2.14. The van der Waals surface area contributed by atoms with E-state index in [1.54, 1.807) is 12.1 Å². The molecule has 11 heteroatoms. The van der Waals surface area contributed by atoms with Crippen LogP contribution < -0.4 is 4.72 Å². The van der Waals surface area contributed by atoms with Crippen molar-refractivity contribution in [2.45, 2.75) is 28.8 Å². The number of nitrogens with one attached hydrogen (secondary N) is 1. The molecule has 1 amide bonds. The molecule has 0 aliphatic heterocycles. The number of nitrogens with zero attached hydrogens (tertiary/aromatic N) is 3. The highest BCUT2D eigenvalue weighted by Gasteiger charge is 2.26. The Morgan fingerprint density at radius 3 is 2.41 bits per heavy atom. The van der Waals surface area contributed by atoms with Crippen molar-refractivity contribution in [2.24, 2.45) is 0 Å². The van der Waals surface area contributed by atoms with Gasteiger partial charge < -0.3 is 0 Å². The predicted molar refractivity (Wildman–Crippen MR) is 139 cm³/mol. The Balaban J connectivity index is 1.38. The largest absolute Gasteiger partial charge is 0.273 e. The molecule has 0 saturated heterocycles. The Kier molecular flexibility index (Phi) is 6.54. The summed E-state index contributed by atoms with van der Waals surface area (Å²) in [7, 11) is -3.96. The van der Waals surface area contributed by atoms with E-state index in [1.165, 1.54) is 35.9 Å². The molecule has 7 nitrogen and oxygen atoms in total. The maximum absolute atomic E-state index is 12.5. The van der Waals surface area contributed by atoms with Crippen LogP contribution in [-0.4, -0.2) is 34.8 Å². The number of carbonyl (C=O) groups is 1. The van der Waals surface area contributed by atoms with Gasteiger partial charge in [0.2, 0.25) is 10.6 Å². The Morgan fingerprint density at radius 1 is 1.00 bits per heavy atom. The molecule has 0 bridgehead atoms.